The Morgan fingerprint density at radius 3 is 3.19 bits per heavy atom. The van der Waals surface area contributed by atoms with Crippen molar-refractivity contribution in [2.45, 2.75) is 19.4 Å². The molecule has 0 radical (unpaired) electrons. The topological polar surface area (TPSA) is 38.3 Å². The van der Waals surface area contributed by atoms with Crippen LogP contribution in [-0.2, 0) is 16.0 Å². The molecule has 0 fully saturated rings. The van der Waals surface area contributed by atoms with Crippen molar-refractivity contribution in [1.82, 2.24) is 5.32 Å². The van der Waals surface area contributed by atoms with Crippen LogP contribution in [0.15, 0.2) is 22.7 Å². The number of benzene rings is 1. The Bertz CT molecular complexity index is 406. The Morgan fingerprint density at radius 1 is 1.62 bits per heavy atom. The van der Waals surface area contributed by atoms with E-state index in [1.807, 2.05) is 19.1 Å². The molecule has 0 spiro atoms. The fourth-order valence-electron chi connectivity index (χ4n) is 1.97. The molecule has 0 saturated carbocycles. The molecule has 0 aliphatic carbocycles. The van der Waals surface area contributed by atoms with E-state index < -0.39 is 0 Å². The lowest BCUT2D eigenvalue weighted by atomic mass is 9.94. The monoisotopic (exact) mass is 283 g/mol. The molecule has 86 valence electrons. The largest absolute Gasteiger partial charge is 0.465 e. The number of nitrogens with one attached hydrogen (secondary N) is 1. The molecule has 1 aliphatic rings. The maximum absolute atomic E-state index is 11.7. The summed E-state index contributed by atoms with van der Waals surface area (Å²) in [5.74, 6) is -0.189. The van der Waals surface area contributed by atoms with Crippen LogP contribution in [0.1, 0.15) is 24.1 Å². The molecule has 0 amide bonds. The summed E-state index contributed by atoms with van der Waals surface area (Å²) in [6, 6.07) is 5.70. The molecule has 1 aliphatic heterocycles. The first-order valence-corrected chi connectivity index (χ1v) is 6.20. The molecule has 0 saturated heterocycles. The van der Waals surface area contributed by atoms with Gasteiger partial charge in [-0.2, -0.15) is 0 Å². The van der Waals surface area contributed by atoms with Crippen molar-refractivity contribution in [3.05, 3.63) is 33.8 Å². The van der Waals surface area contributed by atoms with Crippen LogP contribution < -0.4 is 5.32 Å². The quantitative estimate of drug-likeness (QED) is 0.846. The van der Waals surface area contributed by atoms with Crippen LogP contribution in [0.2, 0.25) is 0 Å². The normalized spacial score (nSPS) is 19.0. The van der Waals surface area contributed by atoms with Crippen molar-refractivity contribution in [2.24, 2.45) is 0 Å². The standard InChI is InChI=1S/C12H14BrNO2/c1-2-16-12(15)11-10-4-3-9(13)7-8(10)5-6-14-11/h3-4,7,11,14H,2,5-6H2,1H3/t11-/m1/s1. The van der Waals surface area contributed by atoms with E-state index in [2.05, 4.69) is 27.3 Å². The Hall–Kier alpha value is -0.870. The third-order valence-corrected chi connectivity index (χ3v) is 3.17. The second kappa shape index (κ2) is 4.97. The van der Waals surface area contributed by atoms with Crippen molar-refractivity contribution < 1.29 is 9.53 Å². The van der Waals surface area contributed by atoms with Gasteiger partial charge in [-0.25, -0.2) is 4.79 Å². The van der Waals surface area contributed by atoms with Gasteiger partial charge in [-0.05, 0) is 36.6 Å². The first-order chi connectivity index (χ1) is 7.72. The highest BCUT2D eigenvalue weighted by Crippen LogP contribution is 2.26. The summed E-state index contributed by atoms with van der Waals surface area (Å²) < 4.78 is 6.11. The van der Waals surface area contributed by atoms with Crippen molar-refractivity contribution in [2.75, 3.05) is 13.2 Å². The molecule has 1 heterocycles. The molecular weight excluding hydrogens is 270 g/mol. The number of halogens is 1. The van der Waals surface area contributed by atoms with Gasteiger partial charge >= 0.3 is 5.97 Å². The Balaban J connectivity index is 2.29. The van der Waals surface area contributed by atoms with E-state index in [-0.39, 0.29) is 12.0 Å². The second-order valence-electron chi connectivity index (χ2n) is 3.73. The predicted molar refractivity (Wildman–Crippen MR) is 65.2 cm³/mol. The van der Waals surface area contributed by atoms with Crippen molar-refractivity contribution in [1.29, 1.82) is 0 Å². The molecular formula is C12H14BrNO2. The molecule has 1 atom stereocenters. The highest BCUT2D eigenvalue weighted by atomic mass is 79.9. The molecule has 0 bridgehead atoms. The molecule has 2 rings (SSSR count). The van der Waals surface area contributed by atoms with Crippen LogP contribution in [0.4, 0.5) is 0 Å². The molecule has 1 aromatic rings. The minimum absolute atomic E-state index is 0.189. The number of fused-ring (bicyclic) bond motifs is 1. The summed E-state index contributed by atoms with van der Waals surface area (Å²) in [7, 11) is 0. The zero-order valence-electron chi connectivity index (χ0n) is 9.13. The number of hydrogen-bond acceptors (Lipinski definition) is 3. The van der Waals surface area contributed by atoms with Gasteiger partial charge in [-0.15, -0.1) is 0 Å². The van der Waals surface area contributed by atoms with Crippen molar-refractivity contribution in [3.63, 3.8) is 0 Å². The third-order valence-electron chi connectivity index (χ3n) is 2.68. The van der Waals surface area contributed by atoms with E-state index in [1.54, 1.807) is 0 Å². The van der Waals surface area contributed by atoms with Gasteiger partial charge in [0.1, 0.15) is 6.04 Å². The lowest BCUT2D eigenvalue weighted by molar-refractivity contribution is -0.146. The van der Waals surface area contributed by atoms with E-state index >= 15 is 0 Å². The zero-order valence-corrected chi connectivity index (χ0v) is 10.7. The summed E-state index contributed by atoms with van der Waals surface area (Å²) in [6.45, 7) is 3.05. The lowest BCUT2D eigenvalue weighted by Crippen LogP contribution is -2.36. The van der Waals surface area contributed by atoms with E-state index in [4.69, 9.17) is 4.74 Å². The van der Waals surface area contributed by atoms with Crippen LogP contribution in [0.5, 0.6) is 0 Å². The fraction of sp³-hybridized carbons (Fsp3) is 0.417. The first kappa shape index (κ1) is 11.6. The summed E-state index contributed by atoms with van der Waals surface area (Å²) >= 11 is 3.44. The maximum Gasteiger partial charge on any atom is 0.327 e. The van der Waals surface area contributed by atoms with Gasteiger partial charge in [0, 0.05) is 11.0 Å². The summed E-state index contributed by atoms with van der Waals surface area (Å²) in [5, 5.41) is 3.19. The number of carbonyl (C=O) groups is 1. The van der Waals surface area contributed by atoms with Crippen LogP contribution in [0.25, 0.3) is 0 Å². The summed E-state index contributed by atoms with van der Waals surface area (Å²) in [6.07, 6.45) is 0.949. The number of rotatable bonds is 2. The smallest absolute Gasteiger partial charge is 0.327 e. The Kier molecular flexibility index (Phi) is 3.61. The Morgan fingerprint density at radius 2 is 2.44 bits per heavy atom. The highest BCUT2D eigenvalue weighted by molar-refractivity contribution is 9.10. The minimum Gasteiger partial charge on any atom is -0.465 e. The predicted octanol–water partition coefficient (Wildman–Crippen LogP) is 2.20. The van der Waals surface area contributed by atoms with Gasteiger partial charge in [-0.3, -0.25) is 0 Å². The molecule has 16 heavy (non-hydrogen) atoms. The fourth-order valence-corrected chi connectivity index (χ4v) is 2.38. The maximum atomic E-state index is 11.7. The Labute approximate surface area is 103 Å². The van der Waals surface area contributed by atoms with E-state index in [1.165, 1.54) is 5.56 Å². The van der Waals surface area contributed by atoms with E-state index in [9.17, 15) is 4.79 Å². The van der Waals surface area contributed by atoms with Gasteiger partial charge in [0.05, 0.1) is 6.61 Å². The van der Waals surface area contributed by atoms with Gasteiger partial charge in [0.25, 0.3) is 0 Å². The zero-order chi connectivity index (χ0) is 11.5. The SMILES string of the molecule is CCOC(=O)[C@@H]1NCCc2cc(Br)ccc21. The first-order valence-electron chi connectivity index (χ1n) is 5.40. The van der Waals surface area contributed by atoms with Crippen LogP contribution in [0, 0.1) is 0 Å². The number of esters is 1. The number of carbonyl (C=O) groups excluding carboxylic acids is 1. The lowest BCUT2D eigenvalue weighted by Gasteiger charge is -2.25. The van der Waals surface area contributed by atoms with Gasteiger partial charge < -0.3 is 10.1 Å². The average Bonchev–Trinajstić information content (AvgIpc) is 2.28. The molecule has 3 nitrogen and oxygen atoms in total. The number of ether oxygens (including phenoxy) is 1. The summed E-state index contributed by atoms with van der Waals surface area (Å²) in [5.41, 5.74) is 2.25. The van der Waals surface area contributed by atoms with Crippen LogP contribution in [0.3, 0.4) is 0 Å². The van der Waals surface area contributed by atoms with Gasteiger partial charge in [0.15, 0.2) is 0 Å². The van der Waals surface area contributed by atoms with E-state index in [0.29, 0.717) is 6.61 Å². The molecule has 4 heteroatoms. The van der Waals surface area contributed by atoms with Gasteiger partial charge in [0.2, 0.25) is 0 Å². The minimum atomic E-state index is -0.309. The molecule has 1 N–H and O–H groups in total. The molecule has 0 unspecified atom stereocenters. The number of hydrogen-bond donors (Lipinski definition) is 1. The van der Waals surface area contributed by atoms with Crippen LogP contribution >= 0.6 is 15.9 Å². The highest BCUT2D eigenvalue weighted by Gasteiger charge is 2.26. The molecule has 1 aromatic carbocycles. The third kappa shape index (κ3) is 2.28. The van der Waals surface area contributed by atoms with Crippen molar-refractivity contribution >= 4 is 21.9 Å². The average molecular weight is 284 g/mol. The molecule has 0 aromatic heterocycles. The van der Waals surface area contributed by atoms with Gasteiger partial charge in [-0.1, -0.05) is 22.0 Å². The van der Waals surface area contributed by atoms with E-state index in [0.717, 1.165) is 23.0 Å². The van der Waals surface area contributed by atoms with Crippen molar-refractivity contribution in [3.8, 4) is 0 Å². The second-order valence-corrected chi connectivity index (χ2v) is 4.65. The summed E-state index contributed by atoms with van der Waals surface area (Å²) in [4.78, 5) is 11.7. The van der Waals surface area contributed by atoms with Crippen LogP contribution in [-0.4, -0.2) is 19.1 Å².